The molecular weight excluding hydrogens is 364 g/mol. The normalized spacial score (nSPS) is 17.2. The van der Waals surface area contributed by atoms with Crippen molar-refractivity contribution in [2.24, 2.45) is 0 Å². The van der Waals surface area contributed by atoms with E-state index in [4.69, 9.17) is 9.47 Å². The van der Waals surface area contributed by atoms with Crippen LogP contribution in [0.5, 0.6) is 11.5 Å². The highest BCUT2D eigenvalue weighted by molar-refractivity contribution is 5.76. The summed E-state index contributed by atoms with van der Waals surface area (Å²) in [5.74, 6) is 3.18. The lowest BCUT2D eigenvalue weighted by atomic mass is 9.96. The highest BCUT2D eigenvalue weighted by Gasteiger charge is 2.26. The van der Waals surface area contributed by atoms with Crippen molar-refractivity contribution in [3.63, 3.8) is 0 Å². The first kappa shape index (κ1) is 21.2. The van der Waals surface area contributed by atoms with E-state index >= 15 is 0 Å². The molecule has 1 saturated heterocycles. The molecule has 0 amide bonds. The summed E-state index contributed by atoms with van der Waals surface area (Å²) in [4.78, 5) is 18.2. The minimum Gasteiger partial charge on any atom is -0.492 e. The zero-order valence-electron chi connectivity index (χ0n) is 18.0. The van der Waals surface area contributed by atoms with Gasteiger partial charge in [0.05, 0.1) is 19.3 Å². The number of aromatic nitrogens is 1. The number of hydrogen-bond donors (Lipinski definition) is 0. The molecule has 2 atom stereocenters. The highest BCUT2D eigenvalue weighted by atomic mass is 16.5. The number of anilines is 1. The molecule has 1 aromatic heterocycles. The molecule has 5 heteroatoms. The predicted octanol–water partition coefficient (Wildman–Crippen LogP) is 4.92. The average Bonchev–Trinajstić information content (AvgIpc) is 3.14. The Labute approximate surface area is 174 Å². The van der Waals surface area contributed by atoms with Gasteiger partial charge in [0.15, 0.2) is 0 Å². The Hall–Kier alpha value is -2.56. The molecule has 0 aliphatic carbocycles. The SMILES string of the molecule is CCCOc1cnc(N2CCC(Oc3ccc([C@H](C)CC(C)=O)cc3)C2)c(C)c1. The van der Waals surface area contributed by atoms with Crippen molar-refractivity contribution >= 4 is 11.6 Å². The van der Waals surface area contributed by atoms with Crippen LogP contribution in [0.4, 0.5) is 5.82 Å². The van der Waals surface area contributed by atoms with Gasteiger partial charge < -0.3 is 19.2 Å². The third-order valence-electron chi connectivity index (χ3n) is 5.29. The van der Waals surface area contributed by atoms with Crippen LogP contribution in [0.15, 0.2) is 36.5 Å². The van der Waals surface area contributed by atoms with Gasteiger partial charge in [-0.2, -0.15) is 0 Å². The molecule has 0 N–H and O–H groups in total. The molecule has 3 rings (SSSR count). The fourth-order valence-corrected chi connectivity index (χ4v) is 3.80. The maximum absolute atomic E-state index is 11.3. The molecule has 5 nitrogen and oxygen atoms in total. The molecule has 29 heavy (non-hydrogen) atoms. The highest BCUT2D eigenvalue weighted by Crippen LogP contribution is 2.28. The van der Waals surface area contributed by atoms with Crippen molar-refractivity contribution in [2.75, 3.05) is 24.6 Å². The molecule has 0 spiro atoms. The van der Waals surface area contributed by atoms with Crippen LogP contribution < -0.4 is 14.4 Å². The summed E-state index contributed by atoms with van der Waals surface area (Å²) in [5, 5.41) is 0. The molecule has 0 bridgehead atoms. The first-order chi connectivity index (χ1) is 14.0. The Balaban J connectivity index is 1.56. The van der Waals surface area contributed by atoms with Gasteiger partial charge in [-0.25, -0.2) is 4.98 Å². The first-order valence-corrected chi connectivity index (χ1v) is 10.6. The van der Waals surface area contributed by atoms with Crippen molar-refractivity contribution < 1.29 is 14.3 Å². The van der Waals surface area contributed by atoms with Crippen molar-refractivity contribution in [2.45, 2.75) is 59.0 Å². The summed E-state index contributed by atoms with van der Waals surface area (Å²) in [6.07, 6.45) is 4.49. The summed E-state index contributed by atoms with van der Waals surface area (Å²) < 4.78 is 11.9. The number of carbonyl (C=O) groups excluding carboxylic acids is 1. The van der Waals surface area contributed by atoms with Crippen LogP contribution in [-0.4, -0.2) is 36.6 Å². The number of carbonyl (C=O) groups is 1. The molecule has 0 radical (unpaired) electrons. The minimum atomic E-state index is 0.146. The second-order valence-electron chi connectivity index (χ2n) is 8.01. The number of benzene rings is 1. The summed E-state index contributed by atoms with van der Waals surface area (Å²) in [6.45, 7) is 10.4. The number of hydrogen-bond acceptors (Lipinski definition) is 5. The quantitative estimate of drug-likeness (QED) is 0.602. The predicted molar refractivity (Wildman–Crippen MR) is 116 cm³/mol. The summed E-state index contributed by atoms with van der Waals surface area (Å²) in [6, 6.07) is 10.2. The van der Waals surface area contributed by atoms with Gasteiger partial charge >= 0.3 is 0 Å². The van der Waals surface area contributed by atoms with Crippen molar-refractivity contribution in [1.29, 1.82) is 0 Å². The van der Waals surface area contributed by atoms with E-state index in [1.807, 2.05) is 18.3 Å². The molecule has 1 fully saturated rings. The van der Waals surface area contributed by atoms with E-state index in [-0.39, 0.29) is 17.8 Å². The van der Waals surface area contributed by atoms with Gasteiger partial charge in [0.2, 0.25) is 0 Å². The maximum Gasteiger partial charge on any atom is 0.138 e. The molecule has 1 aliphatic heterocycles. The van der Waals surface area contributed by atoms with E-state index in [1.54, 1.807) is 6.92 Å². The molecular formula is C24H32N2O3. The van der Waals surface area contributed by atoms with E-state index < -0.39 is 0 Å². The van der Waals surface area contributed by atoms with Crippen LogP contribution in [0.3, 0.4) is 0 Å². The van der Waals surface area contributed by atoms with Gasteiger partial charge in [-0.3, -0.25) is 0 Å². The van der Waals surface area contributed by atoms with Crippen molar-refractivity contribution in [1.82, 2.24) is 4.98 Å². The fraction of sp³-hybridized carbons (Fsp3) is 0.500. The maximum atomic E-state index is 11.3. The second kappa shape index (κ2) is 9.77. The molecule has 2 aromatic rings. The first-order valence-electron chi connectivity index (χ1n) is 10.6. The van der Waals surface area contributed by atoms with Crippen LogP contribution >= 0.6 is 0 Å². The zero-order valence-corrected chi connectivity index (χ0v) is 18.0. The third-order valence-corrected chi connectivity index (χ3v) is 5.29. The van der Waals surface area contributed by atoms with Gasteiger partial charge in [0.25, 0.3) is 0 Å². The lowest BCUT2D eigenvalue weighted by molar-refractivity contribution is -0.117. The van der Waals surface area contributed by atoms with Gasteiger partial charge in [0.1, 0.15) is 29.2 Å². The number of aryl methyl sites for hydroxylation is 1. The monoisotopic (exact) mass is 396 g/mol. The largest absolute Gasteiger partial charge is 0.492 e. The Bertz CT molecular complexity index is 819. The van der Waals surface area contributed by atoms with E-state index in [9.17, 15) is 4.79 Å². The molecule has 0 saturated carbocycles. The molecule has 156 valence electrons. The van der Waals surface area contributed by atoms with Crippen molar-refractivity contribution in [3.8, 4) is 11.5 Å². The number of rotatable bonds is 9. The van der Waals surface area contributed by atoms with Crippen LogP contribution in [0, 0.1) is 6.92 Å². The third kappa shape index (κ3) is 5.72. The minimum absolute atomic E-state index is 0.146. The Kier molecular flexibility index (Phi) is 7.13. The van der Waals surface area contributed by atoms with Crippen LogP contribution in [-0.2, 0) is 4.79 Å². The summed E-state index contributed by atoms with van der Waals surface area (Å²) >= 11 is 0. The number of ketones is 1. The topological polar surface area (TPSA) is 51.7 Å². The Morgan fingerprint density at radius 1 is 1.28 bits per heavy atom. The number of nitrogens with zero attached hydrogens (tertiary/aromatic N) is 2. The van der Waals surface area contributed by atoms with E-state index in [0.29, 0.717) is 13.0 Å². The van der Waals surface area contributed by atoms with Crippen LogP contribution in [0.25, 0.3) is 0 Å². The molecule has 2 heterocycles. The lowest BCUT2D eigenvalue weighted by Gasteiger charge is -2.20. The smallest absolute Gasteiger partial charge is 0.138 e. The number of pyridine rings is 1. The van der Waals surface area contributed by atoms with Gasteiger partial charge in [0, 0.05) is 19.4 Å². The van der Waals surface area contributed by atoms with Crippen molar-refractivity contribution in [3.05, 3.63) is 47.7 Å². The Morgan fingerprint density at radius 3 is 2.69 bits per heavy atom. The second-order valence-corrected chi connectivity index (χ2v) is 8.01. The number of Topliss-reactive ketones (excluding diaryl/α,β-unsaturated/α-hetero) is 1. The lowest BCUT2D eigenvalue weighted by Crippen LogP contribution is -2.25. The summed E-state index contributed by atoms with van der Waals surface area (Å²) in [7, 11) is 0. The fourth-order valence-electron chi connectivity index (χ4n) is 3.80. The molecule has 1 aromatic carbocycles. The van der Waals surface area contributed by atoms with Gasteiger partial charge in [-0.15, -0.1) is 0 Å². The van der Waals surface area contributed by atoms with Crippen LogP contribution in [0.2, 0.25) is 0 Å². The standard InChI is InChI=1S/C24H32N2O3/c1-5-12-28-23-14-18(3)24(25-15-23)26-11-10-22(16-26)29-21-8-6-20(7-9-21)17(2)13-19(4)27/h6-9,14-15,17,22H,5,10-13,16H2,1-4H3/t17-,22?/m1/s1. The number of ether oxygens (including phenoxy) is 2. The van der Waals surface area contributed by atoms with Gasteiger partial charge in [-0.05, 0) is 55.5 Å². The Morgan fingerprint density at radius 2 is 2.03 bits per heavy atom. The zero-order chi connectivity index (χ0) is 20.8. The molecule has 1 unspecified atom stereocenters. The van der Waals surface area contributed by atoms with E-state index in [1.165, 1.54) is 5.56 Å². The average molecular weight is 397 g/mol. The van der Waals surface area contributed by atoms with E-state index in [2.05, 4.69) is 48.9 Å². The van der Waals surface area contributed by atoms with Crippen LogP contribution in [0.1, 0.15) is 57.1 Å². The van der Waals surface area contributed by atoms with Gasteiger partial charge in [-0.1, -0.05) is 26.0 Å². The molecule has 1 aliphatic rings. The summed E-state index contributed by atoms with van der Waals surface area (Å²) in [5.41, 5.74) is 2.30. The van der Waals surface area contributed by atoms with E-state index in [0.717, 1.165) is 48.8 Å².